The maximum absolute atomic E-state index is 3.22. The van der Waals surface area contributed by atoms with E-state index in [1.807, 2.05) is 13.8 Å². The average Bonchev–Trinajstić information content (AvgIpc) is 2.22. The van der Waals surface area contributed by atoms with E-state index in [0.717, 1.165) is 38.0 Å². The molecule has 1 fully saturated rings. The average molecular weight is 232 g/mol. The molecular weight excluding hydrogens is 196 g/mol. The molecule has 1 rings (SSSR count). The van der Waals surface area contributed by atoms with Gasteiger partial charge in [-0.25, -0.2) is 0 Å². The minimum Gasteiger partial charge on any atom is -0.314 e. The van der Waals surface area contributed by atoms with Crippen molar-refractivity contribution in [2.24, 2.45) is 11.8 Å². The molecule has 0 radical (unpaired) electrons. The van der Waals surface area contributed by atoms with Crippen LogP contribution in [0, 0.1) is 11.8 Å². The van der Waals surface area contributed by atoms with E-state index in [1.54, 1.807) is 0 Å². The Morgan fingerprint density at radius 3 is 0.750 bits per heavy atom. The fourth-order valence-corrected chi connectivity index (χ4v) is 0.604. The summed E-state index contributed by atoms with van der Waals surface area (Å²) in [6.07, 6.45) is 0. The van der Waals surface area contributed by atoms with Gasteiger partial charge in [0.25, 0.3) is 0 Å². The second-order valence-corrected chi connectivity index (χ2v) is 4.96. The molecular formula is C14H36N2. The molecule has 1 saturated heterocycles. The molecule has 0 aromatic heterocycles. The predicted molar refractivity (Wildman–Crippen MR) is 78.1 cm³/mol. The topological polar surface area (TPSA) is 24.1 Å². The monoisotopic (exact) mass is 232 g/mol. The maximum atomic E-state index is 3.22. The van der Waals surface area contributed by atoms with Crippen molar-refractivity contribution in [2.45, 2.75) is 55.4 Å². The SMILES string of the molecule is C1CNCCN1.CC.CC(C)C.CC(C)C. The summed E-state index contributed by atoms with van der Waals surface area (Å²) < 4.78 is 0. The Kier molecular flexibility index (Phi) is 27.0. The molecule has 0 aliphatic carbocycles. The van der Waals surface area contributed by atoms with Gasteiger partial charge in [0.2, 0.25) is 0 Å². The van der Waals surface area contributed by atoms with Gasteiger partial charge < -0.3 is 10.6 Å². The zero-order valence-electron chi connectivity index (χ0n) is 13.0. The first-order chi connectivity index (χ1) is 7.46. The lowest BCUT2D eigenvalue weighted by molar-refractivity contribution is 0.534. The Hall–Kier alpha value is -0.0800. The van der Waals surface area contributed by atoms with E-state index in [0.29, 0.717) is 0 Å². The van der Waals surface area contributed by atoms with Gasteiger partial charge >= 0.3 is 0 Å². The van der Waals surface area contributed by atoms with Crippen LogP contribution in [-0.4, -0.2) is 26.2 Å². The van der Waals surface area contributed by atoms with Gasteiger partial charge in [0, 0.05) is 26.2 Å². The minimum absolute atomic E-state index is 0.833. The van der Waals surface area contributed by atoms with E-state index >= 15 is 0 Å². The molecule has 0 saturated carbocycles. The summed E-state index contributed by atoms with van der Waals surface area (Å²) in [5.41, 5.74) is 0. The first-order valence-corrected chi connectivity index (χ1v) is 6.88. The molecule has 1 heterocycles. The van der Waals surface area contributed by atoms with Gasteiger partial charge in [-0.15, -0.1) is 0 Å². The first kappa shape index (κ1) is 21.2. The van der Waals surface area contributed by atoms with Crippen LogP contribution in [0.3, 0.4) is 0 Å². The van der Waals surface area contributed by atoms with Crippen molar-refractivity contribution in [2.75, 3.05) is 26.2 Å². The lowest BCUT2D eigenvalue weighted by atomic mass is 10.3. The van der Waals surface area contributed by atoms with Crippen LogP contribution in [0.15, 0.2) is 0 Å². The van der Waals surface area contributed by atoms with Gasteiger partial charge in [0.1, 0.15) is 0 Å². The lowest BCUT2D eigenvalue weighted by Crippen LogP contribution is -2.39. The van der Waals surface area contributed by atoms with Gasteiger partial charge in [0.15, 0.2) is 0 Å². The van der Waals surface area contributed by atoms with Crippen molar-refractivity contribution >= 4 is 0 Å². The Morgan fingerprint density at radius 1 is 0.562 bits per heavy atom. The van der Waals surface area contributed by atoms with Crippen molar-refractivity contribution in [1.29, 1.82) is 0 Å². The van der Waals surface area contributed by atoms with E-state index in [4.69, 9.17) is 0 Å². The third-order valence-corrected chi connectivity index (χ3v) is 0.957. The summed E-state index contributed by atoms with van der Waals surface area (Å²) in [6.45, 7) is 21.6. The fraction of sp³-hybridized carbons (Fsp3) is 1.00. The van der Waals surface area contributed by atoms with Gasteiger partial charge in [0.05, 0.1) is 0 Å². The predicted octanol–water partition coefficient (Wildman–Crippen LogP) is 3.53. The maximum Gasteiger partial charge on any atom is 0.00772 e. The van der Waals surface area contributed by atoms with E-state index in [-0.39, 0.29) is 0 Å². The van der Waals surface area contributed by atoms with Crippen molar-refractivity contribution in [3.05, 3.63) is 0 Å². The molecule has 0 spiro atoms. The minimum atomic E-state index is 0.833. The Labute approximate surface area is 105 Å². The highest BCUT2D eigenvalue weighted by Crippen LogP contribution is 1.81. The van der Waals surface area contributed by atoms with Gasteiger partial charge in [-0.2, -0.15) is 0 Å². The lowest BCUT2D eigenvalue weighted by Gasteiger charge is -2.11. The number of nitrogens with one attached hydrogen (secondary N) is 2. The van der Waals surface area contributed by atoms with Crippen LogP contribution < -0.4 is 10.6 Å². The number of hydrogen-bond donors (Lipinski definition) is 2. The number of rotatable bonds is 0. The molecule has 0 atom stereocenters. The van der Waals surface area contributed by atoms with E-state index in [1.165, 1.54) is 0 Å². The zero-order valence-corrected chi connectivity index (χ0v) is 13.0. The molecule has 0 aromatic carbocycles. The summed E-state index contributed by atoms with van der Waals surface area (Å²) >= 11 is 0. The normalized spacial score (nSPS) is 13.9. The number of hydrogen-bond acceptors (Lipinski definition) is 2. The first-order valence-electron chi connectivity index (χ1n) is 6.88. The second kappa shape index (κ2) is 20.3. The van der Waals surface area contributed by atoms with E-state index < -0.39 is 0 Å². The molecule has 102 valence electrons. The van der Waals surface area contributed by atoms with Crippen LogP contribution in [0.5, 0.6) is 0 Å². The summed E-state index contributed by atoms with van der Waals surface area (Å²) in [4.78, 5) is 0. The van der Waals surface area contributed by atoms with Crippen LogP contribution in [0.25, 0.3) is 0 Å². The van der Waals surface area contributed by atoms with Crippen LogP contribution in [0.2, 0.25) is 0 Å². The largest absolute Gasteiger partial charge is 0.314 e. The zero-order chi connectivity index (χ0) is 13.4. The molecule has 16 heavy (non-hydrogen) atoms. The Morgan fingerprint density at radius 2 is 0.688 bits per heavy atom. The molecule has 2 heteroatoms. The van der Waals surface area contributed by atoms with Gasteiger partial charge in [-0.05, 0) is 11.8 Å². The van der Waals surface area contributed by atoms with Crippen molar-refractivity contribution < 1.29 is 0 Å². The Balaban J connectivity index is -0.000000152. The van der Waals surface area contributed by atoms with Crippen LogP contribution in [0.4, 0.5) is 0 Å². The third-order valence-electron chi connectivity index (χ3n) is 0.957. The highest BCUT2D eigenvalue weighted by atomic mass is 15.0. The molecule has 0 bridgehead atoms. The van der Waals surface area contributed by atoms with Gasteiger partial charge in [-0.3, -0.25) is 0 Å². The molecule has 1 aliphatic rings. The summed E-state index contributed by atoms with van der Waals surface area (Å²) in [5, 5.41) is 6.44. The summed E-state index contributed by atoms with van der Waals surface area (Å²) in [5.74, 6) is 1.67. The molecule has 2 nitrogen and oxygen atoms in total. The molecule has 2 N–H and O–H groups in total. The highest BCUT2D eigenvalue weighted by Gasteiger charge is 1.91. The summed E-state index contributed by atoms with van der Waals surface area (Å²) in [7, 11) is 0. The molecule has 0 amide bonds. The van der Waals surface area contributed by atoms with Crippen LogP contribution >= 0.6 is 0 Å². The smallest absolute Gasteiger partial charge is 0.00772 e. The van der Waals surface area contributed by atoms with E-state index in [2.05, 4.69) is 52.2 Å². The van der Waals surface area contributed by atoms with Crippen LogP contribution in [0.1, 0.15) is 55.4 Å². The van der Waals surface area contributed by atoms with E-state index in [9.17, 15) is 0 Å². The van der Waals surface area contributed by atoms with Crippen molar-refractivity contribution in [3.63, 3.8) is 0 Å². The third kappa shape index (κ3) is 66.3. The second-order valence-electron chi connectivity index (χ2n) is 4.96. The van der Waals surface area contributed by atoms with Crippen molar-refractivity contribution in [3.8, 4) is 0 Å². The highest BCUT2D eigenvalue weighted by molar-refractivity contribution is 4.59. The van der Waals surface area contributed by atoms with Crippen LogP contribution in [-0.2, 0) is 0 Å². The fourth-order valence-electron chi connectivity index (χ4n) is 0.604. The molecule has 1 aliphatic heterocycles. The van der Waals surface area contributed by atoms with Crippen molar-refractivity contribution in [1.82, 2.24) is 10.6 Å². The molecule has 0 aromatic rings. The molecule has 0 unspecified atom stereocenters. The summed E-state index contributed by atoms with van der Waals surface area (Å²) in [6, 6.07) is 0. The Bertz CT molecular complexity index is 63.7. The van der Waals surface area contributed by atoms with Gasteiger partial charge in [-0.1, -0.05) is 55.4 Å². The standard InChI is InChI=1S/C4H10N2.2C4H10.C2H6/c1-2-6-4-3-5-1;2*1-4(2)3;1-2/h5-6H,1-4H2;2*4H,1-3H3;1-2H3. The quantitative estimate of drug-likeness (QED) is 0.667. The number of piperazine rings is 1.